The second kappa shape index (κ2) is 12.0. The van der Waals surface area contributed by atoms with Gasteiger partial charge in [-0.1, -0.05) is 54.1 Å². The number of methoxy groups -OCH3 is 2. The summed E-state index contributed by atoms with van der Waals surface area (Å²) in [6.07, 6.45) is 0.534. The number of amides is 1. The van der Waals surface area contributed by atoms with Crippen molar-refractivity contribution >= 4 is 29.1 Å². The normalized spacial score (nSPS) is 16.7. The molecule has 3 aromatic rings. The maximum atomic E-state index is 13.2. The summed E-state index contributed by atoms with van der Waals surface area (Å²) in [6, 6.07) is 20.9. The quantitative estimate of drug-likeness (QED) is 0.167. The second-order valence-electron chi connectivity index (χ2n) is 8.53. The molecule has 8 heteroatoms. The zero-order valence-electron chi connectivity index (χ0n) is 20.6. The van der Waals surface area contributed by atoms with E-state index in [0.717, 1.165) is 5.56 Å². The lowest BCUT2D eigenvalue weighted by Crippen LogP contribution is -2.31. The minimum Gasteiger partial charge on any atom is -0.507 e. The lowest BCUT2D eigenvalue weighted by atomic mass is 9.95. The van der Waals surface area contributed by atoms with Crippen LogP contribution < -0.4 is 9.47 Å². The van der Waals surface area contributed by atoms with E-state index < -0.39 is 17.7 Å². The van der Waals surface area contributed by atoms with Crippen molar-refractivity contribution in [1.82, 2.24) is 4.90 Å². The smallest absolute Gasteiger partial charge is 0.295 e. The Labute approximate surface area is 220 Å². The fourth-order valence-corrected chi connectivity index (χ4v) is 4.55. The number of likely N-dealkylation sites (tertiary alicyclic amines) is 1. The molecule has 1 unspecified atom stereocenters. The van der Waals surface area contributed by atoms with Gasteiger partial charge >= 0.3 is 0 Å². The third kappa shape index (κ3) is 5.79. The fraction of sp³-hybridized carbons (Fsp3) is 0.241. The Morgan fingerprint density at radius 1 is 1.00 bits per heavy atom. The highest BCUT2D eigenvalue weighted by Gasteiger charge is 2.45. The van der Waals surface area contributed by atoms with Gasteiger partial charge in [-0.2, -0.15) is 0 Å². The van der Waals surface area contributed by atoms with Crippen LogP contribution in [0.3, 0.4) is 0 Å². The van der Waals surface area contributed by atoms with Crippen LogP contribution in [-0.4, -0.2) is 49.1 Å². The molecule has 4 rings (SSSR count). The molecule has 37 heavy (non-hydrogen) atoms. The maximum absolute atomic E-state index is 13.2. The predicted molar refractivity (Wildman–Crippen MR) is 141 cm³/mol. The van der Waals surface area contributed by atoms with Crippen LogP contribution in [0, 0.1) is 0 Å². The van der Waals surface area contributed by atoms with Crippen molar-refractivity contribution in [2.75, 3.05) is 27.4 Å². The number of hydrogen-bond donors (Lipinski definition) is 1. The monoisotopic (exact) mass is 521 g/mol. The third-order valence-corrected chi connectivity index (χ3v) is 6.45. The van der Waals surface area contributed by atoms with Gasteiger partial charge < -0.3 is 24.2 Å². The number of Topliss-reactive ketones (excluding diaryl/α,β-unsaturated/α-hetero) is 1. The summed E-state index contributed by atoms with van der Waals surface area (Å²) in [5.41, 5.74) is 2.02. The van der Waals surface area contributed by atoms with Crippen LogP contribution in [0.5, 0.6) is 11.5 Å². The van der Waals surface area contributed by atoms with Gasteiger partial charge in [0.15, 0.2) is 0 Å². The van der Waals surface area contributed by atoms with Crippen molar-refractivity contribution in [3.05, 3.63) is 100 Å². The Hall–Kier alpha value is -3.81. The molecule has 0 saturated carbocycles. The fourth-order valence-electron chi connectivity index (χ4n) is 4.29. The van der Waals surface area contributed by atoms with E-state index in [2.05, 4.69) is 0 Å². The highest BCUT2D eigenvalue weighted by molar-refractivity contribution is 6.46. The van der Waals surface area contributed by atoms with Gasteiger partial charge in [-0.25, -0.2) is 0 Å². The summed E-state index contributed by atoms with van der Waals surface area (Å²) in [5, 5.41) is 11.5. The highest BCUT2D eigenvalue weighted by atomic mass is 35.5. The van der Waals surface area contributed by atoms with E-state index in [-0.39, 0.29) is 22.9 Å². The molecule has 1 fully saturated rings. The lowest BCUT2D eigenvalue weighted by Gasteiger charge is -2.25. The third-order valence-electron chi connectivity index (χ3n) is 6.16. The van der Waals surface area contributed by atoms with Crippen LogP contribution in [0.2, 0.25) is 5.02 Å². The van der Waals surface area contributed by atoms with Crippen LogP contribution in [0.1, 0.15) is 29.2 Å². The van der Waals surface area contributed by atoms with E-state index in [1.807, 2.05) is 30.3 Å². The molecular weight excluding hydrogens is 494 g/mol. The van der Waals surface area contributed by atoms with Crippen molar-refractivity contribution in [1.29, 1.82) is 0 Å². The largest absolute Gasteiger partial charge is 0.507 e. The van der Waals surface area contributed by atoms with Crippen LogP contribution in [-0.2, 0) is 20.9 Å². The standard InChI is InChI=1S/C29H28ClNO6/c1-35-16-6-15-31-26(20-9-12-22(13-10-20)37-18-19-7-4-3-5-8-19)25(28(33)29(31)34)27(32)21-11-14-24(36-2)23(30)17-21/h3-5,7-14,17,26,32H,6,15-16,18H2,1-2H3/b27-25-. The summed E-state index contributed by atoms with van der Waals surface area (Å²) in [4.78, 5) is 27.7. The molecule has 192 valence electrons. The molecule has 1 aliphatic rings. The first kappa shape index (κ1) is 26.3. The first-order valence-electron chi connectivity index (χ1n) is 11.8. The van der Waals surface area contributed by atoms with E-state index in [1.165, 1.54) is 18.1 Å². The van der Waals surface area contributed by atoms with Crippen molar-refractivity contribution in [2.24, 2.45) is 0 Å². The summed E-state index contributed by atoms with van der Waals surface area (Å²) < 4.78 is 16.2. The van der Waals surface area contributed by atoms with Crippen LogP contribution in [0.4, 0.5) is 0 Å². The molecule has 0 radical (unpaired) electrons. The second-order valence-corrected chi connectivity index (χ2v) is 8.94. The van der Waals surface area contributed by atoms with Crippen molar-refractivity contribution in [3.8, 4) is 11.5 Å². The van der Waals surface area contributed by atoms with E-state index >= 15 is 0 Å². The SMILES string of the molecule is COCCCN1C(=O)C(=O)/C(=C(\O)c2ccc(OC)c(Cl)c2)C1c1ccc(OCc2ccccc2)cc1. The van der Waals surface area contributed by atoms with Gasteiger partial charge in [0.25, 0.3) is 11.7 Å². The Balaban J connectivity index is 1.68. The van der Waals surface area contributed by atoms with Gasteiger partial charge in [-0.15, -0.1) is 0 Å². The molecule has 3 aromatic carbocycles. The maximum Gasteiger partial charge on any atom is 0.295 e. The molecule has 0 bridgehead atoms. The van der Waals surface area contributed by atoms with E-state index in [0.29, 0.717) is 42.3 Å². The average molecular weight is 522 g/mol. The number of carbonyl (C=O) groups excluding carboxylic acids is 2. The molecule has 1 amide bonds. The van der Waals surface area contributed by atoms with Gasteiger partial charge in [-0.3, -0.25) is 9.59 Å². The number of hydrogen-bond acceptors (Lipinski definition) is 6. The molecule has 1 atom stereocenters. The topological polar surface area (TPSA) is 85.3 Å². The number of halogens is 1. The van der Waals surface area contributed by atoms with E-state index in [1.54, 1.807) is 43.5 Å². The van der Waals surface area contributed by atoms with Crippen molar-refractivity contribution < 1.29 is 28.9 Å². The Morgan fingerprint density at radius 2 is 1.73 bits per heavy atom. The minimum atomic E-state index is -0.777. The number of aliphatic hydroxyl groups is 1. The molecule has 1 saturated heterocycles. The van der Waals surface area contributed by atoms with Gasteiger partial charge in [-0.05, 0) is 47.9 Å². The summed E-state index contributed by atoms with van der Waals surface area (Å²) in [6.45, 7) is 1.12. The molecule has 0 aliphatic carbocycles. The van der Waals surface area contributed by atoms with Crippen molar-refractivity contribution in [3.63, 3.8) is 0 Å². The number of nitrogens with zero attached hydrogens (tertiary/aromatic N) is 1. The van der Waals surface area contributed by atoms with E-state index in [9.17, 15) is 14.7 Å². The van der Waals surface area contributed by atoms with Crippen molar-refractivity contribution in [2.45, 2.75) is 19.1 Å². The molecular formula is C29H28ClNO6. The highest BCUT2D eigenvalue weighted by Crippen LogP contribution is 2.40. The summed E-state index contributed by atoms with van der Waals surface area (Å²) in [5.74, 6) is -0.652. The number of aliphatic hydroxyl groups excluding tert-OH is 1. The summed E-state index contributed by atoms with van der Waals surface area (Å²) >= 11 is 6.25. The zero-order chi connectivity index (χ0) is 26.4. The van der Waals surface area contributed by atoms with Gasteiger partial charge in [0.05, 0.1) is 23.7 Å². The van der Waals surface area contributed by atoms with E-state index in [4.69, 9.17) is 25.8 Å². The van der Waals surface area contributed by atoms with Gasteiger partial charge in [0.1, 0.15) is 23.9 Å². The molecule has 1 aliphatic heterocycles. The Morgan fingerprint density at radius 3 is 2.38 bits per heavy atom. The number of carbonyl (C=O) groups is 2. The zero-order valence-corrected chi connectivity index (χ0v) is 21.4. The Kier molecular flexibility index (Phi) is 8.48. The molecule has 0 spiro atoms. The lowest BCUT2D eigenvalue weighted by molar-refractivity contribution is -0.140. The molecule has 1 N–H and O–H groups in total. The summed E-state index contributed by atoms with van der Waals surface area (Å²) in [7, 11) is 3.06. The van der Waals surface area contributed by atoms with Gasteiger partial charge in [0, 0.05) is 25.8 Å². The van der Waals surface area contributed by atoms with Crippen LogP contribution in [0.15, 0.2) is 78.4 Å². The molecule has 0 aromatic heterocycles. The number of rotatable bonds is 10. The number of ketones is 1. The molecule has 1 heterocycles. The predicted octanol–water partition coefficient (Wildman–Crippen LogP) is 5.39. The minimum absolute atomic E-state index is 0.00149. The average Bonchev–Trinajstić information content (AvgIpc) is 3.17. The number of benzene rings is 3. The van der Waals surface area contributed by atoms with Gasteiger partial charge in [0.2, 0.25) is 0 Å². The number of ether oxygens (including phenoxy) is 3. The van der Waals surface area contributed by atoms with Crippen LogP contribution >= 0.6 is 11.6 Å². The molecule has 7 nitrogen and oxygen atoms in total. The Bertz CT molecular complexity index is 1290. The first-order chi connectivity index (χ1) is 17.9. The van der Waals surface area contributed by atoms with Crippen LogP contribution in [0.25, 0.3) is 5.76 Å². The first-order valence-corrected chi connectivity index (χ1v) is 12.2.